The van der Waals surface area contributed by atoms with Gasteiger partial charge in [-0.25, -0.2) is 4.79 Å². The SMILES string of the molecule is N#Cc1ccc(OC(=O)Nc2cccc(Cl)c2)cc1. The van der Waals surface area contributed by atoms with Gasteiger partial charge in [-0.3, -0.25) is 5.32 Å². The van der Waals surface area contributed by atoms with Crippen molar-refractivity contribution in [1.82, 2.24) is 0 Å². The number of anilines is 1. The number of nitrogens with one attached hydrogen (secondary N) is 1. The van der Waals surface area contributed by atoms with Gasteiger partial charge in [0.2, 0.25) is 0 Å². The first-order chi connectivity index (χ1) is 9.17. The van der Waals surface area contributed by atoms with Crippen molar-refractivity contribution in [3.05, 3.63) is 59.1 Å². The number of halogens is 1. The summed E-state index contributed by atoms with van der Waals surface area (Å²) in [6.45, 7) is 0. The van der Waals surface area contributed by atoms with E-state index in [0.29, 0.717) is 22.0 Å². The minimum absolute atomic E-state index is 0.360. The maximum absolute atomic E-state index is 11.6. The van der Waals surface area contributed by atoms with Crippen LogP contribution < -0.4 is 10.1 Å². The molecule has 0 unspecified atom stereocenters. The summed E-state index contributed by atoms with van der Waals surface area (Å²) in [6, 6.07) is 15.0. The summed E-state index contributed by atoms with van der Waals surface area (Å²) in [5.74, 6) is 0.360. The molecule has 0 aliphatic heterocycles. The number of rotatable bonds is 2. The lowest BCUT2D eigenvalue weighted by Gasteiger charge is -2.06. The number of amides is 1. The molecule has 2 rings (SSSR count). The van der Waals surface area contributed by atoms with Crippen molar-refractivity contribution < 1.29 is 9.53 Å². The van der Waals surface area contributed by atoms with Crippen LogP contribution >= 0.6 is 11.6 Å². The van der Waals surface area contributed by atoms with Gasteiger partial charge >= 0.3 is 6.09 Å². The molecule has 2 aromatic carbocycles. The topological polar surface area (TPSA) is 62.1 Å². The maximum atomic E-state index is 11.6. The average Bonchev–Trinajstić information content (AvgIpc) is 2.39. The molecule has 0 aliphatic carbocycles. The molecule has 0 saturated carbocycles. The lowest BCUT2D eigenvalue weighted by atomic mass is 10.2. The monoisotopic (exact) mass is 272 g/mol. The van der Waals surface area contributed by atoms with Crippen molar-refractivity contribution in [3.63, 3.8) is 0 Å². The number of carbonyl (C=O) groups is 1. The molecule has 94 valence electrons. The minimum atomic E-state index is -0.619. The van der Waals surface area contributed by atoms with Gasteiger partial charge in [-0.2, -0.15) is 5.26 Å². The molecular formula is C14H9ClN2O2. The minimum Gasteiger partial charge on any atom is -0.410 e. The zero-order valence-electron chi connectivity index (χ0n) is 9.76. The molecule has 0 saturated heterocycles. The Kier molecular flexibility index (Phi) is 4.01. The van der Waals surface area contributed by atoms with Crippen LogP contribution in [0.1, 0.15) is 5.56 Å². The van der Waals surface area contributed by atoms with Crippen LogP contribution in [0.25, 0.3) is 0 Å². The van der Waals surface area contributed by atoms with E-state index in [2.05, 4.69) is 5.32 Å². The van der Waals surface area contributed by atoms with Crippen LogP contribution in [0.3, 0.4) is 0 Å². The Bertz CT molecular complexity index is 633. The summed E-state index contributed by atoms with van der Waals surface area (Å²) in [4.78, 5) is 11.6. The fourth-order valence-electron chi connectivity index (χ4n) is 1.41. The Balaban J connectivity index is 1.99. The smallest absolute Gasteiger partial charge is 0.410 e. The number of hydrogen-bond donors (Lipinski definition) is 1. The largest absolute Gasteiger partial charge is 0.417 e. The predicted molar refractivity (Wildman–Crippen MR) is 72.3 cm³/mol. The fourth-order valence-corrected chi connectivity index (χ4v) is 1.60. The molecule has 0 radical (unpaired) electrons. The molecule has 1 N–H and O–H groups in total. The molecule has 0 aliphatic rings. The van der Waals surface area contributed by atoms with Gasteiger partial charge in [0.25, 0.3) is 0 Å². The maximum Gasteiger partial charge on any atom is 0.417 e. The van der Waals surface area contributed by atoms with Crippen LogP contribution in [0.15, 0.2) is 48.5 Å². The highest BCUT2D eigenvalue weighted by Crippen LogP contribution is 2.16. The van der Waals surface area contributed by atoms with E-state index in [1.807, 2.05) is 6.07 Å². The number of benzene rings is 2. The van der Waals surface area contributed by atoms with E-state index in [1.54, 1.807) is 48.5 Å². The predicted octanol–water partition coefficient (Wildman–Crippen LogP) is 3.82. The van der Waals surface area contributed by atoms with Gasteiger partial charge in [0.15, 0.2) is 0 Å². The molecule has 4 nitrogen and oxygen atoms in total. The quantitative estimate of drug-likeness (QED) is 0.904. The summed E-state index contributed by atoms with van der Waals surface area (Å²) in [5, 5.41) is 11.7. The van der Waals surface area contributed by atoms with Gasteiger partial charge in [0.05, 0.1) is 11.6 Å². The molecule has 0 aromatic heterocycles. The third-order valence-electron chi connectivity index (χ3n) is 2.26. The van der Waals surface area contributed by atoms with Crippen molar-refractivity contribution in [1.29, 1.82) is 5.26 Å². The zero-order valence-corrected chi connectivity index (χ0v) is 10.5. The van der Waals surface area contributed by atoms with Crippen LogP contribution in [-0.4, -0.2) is 6.09 Å². The van der Waals surface area contributed by atoms with Crippen molar-refractivity contribution in [3.8, 4) is 11.8 Å². The van der Waals surface area contributed by atoms with E-state index in [-0.39, 0.29) is 0 Å². The second-order valence-electron chi connectivity index (χ2n) is 3.66. The van der Waals surface area contributed by atoms with Crippen LogP contribution in [0.2, 0.25) is 5.02 Å². The summed E-state index contributed by atoms with van der Waals surface area (Å²) >= 11 is 5.80. The van der Waals surface area contributed by atoms with E-state index in [4.69, 9.17) is 21.6 Å². The van der Waals surface area contributed by atoms with Crippen LogP contribution in [0.4, 0.5) is 10.5 Å². The first kappa shape index (κ1) is 12.9. The number of nitrogens with zero attached hydrogens (tertiary/aromatic N) is 1. The summed E-state index contributed by atoms with van der Waals surface area (Å²) in [5.41, 5.74) is 1.05. The third-order valence-corrected chi connectivity index (χ3v) is 2.50. The lowest BCUT2D eigenvalue weighted by molar-refractivity contribution is 0.215. The fraction of sp³-hybridized carbons (Fsp3) is 0. The Morgan fingerprint density at radius 1 is 1.21 bits per heavy atom. The highest BCUT2D eigenvalue weighted by Gasteiger charge is 2.05. The Morgan fingerprint density at radius 3 is 2.58 bits per heavy atom. The normalized spacial score (nSPS) is 9.47. The van der Waals surface area contributed by atoms with Crippen LogP contribution in [0.5, 0.6) is 5.75 Å². The molecule has 5 heteroatoms. The lowest BCUT2D eigenvalue weighted by Crippen LogP contribution is -2.16. The highest BCUT2D eigenvalue weighted by molar-refractivity contribution is 6.30. The van der Waals surface area contributed by atoms with Gasteiger partial charge in [-0.05, 0) is 42.5 Å². The summed E-state index contributed by atoms with van der Waals surface area (Å²) in [6.07, 6.45) is -0.619. The number of hydrogen-bond acceptors (Lipinski definition) is 3. The van der Waals surface area contributed by atoms with Gasteiger partial charge in [-0.1, -0.05) is 17.7 Å². The van der Waals surface area contributed by atoms with Crippen LogP contribution in [0, 0.1) is 11.3 Å². The Labute approximate surface area is 115 Å². The highest BCUT2D eigenvalue weighted by atomic mass is 35.5. The van der Waals surface area contributed by atoms with Crippen molar-refractivity contribution >= 4 is 23.4 Å². The number of nitriles is 1. The molecule has 0 spiro atoms. The number of ether oxygens (including phenoxy) is 1. The molecule has 0 atom stereocenters. The van der Waals surface area contributed by atoms with Crippen LogP contribution in [-0.2, 0) is 0 Å². The average molecular weight is 273 g/mol. The van der Waals surface area contributed by atoms with E-state index in [9.17, 15) is 4.79 Å². The second kappa shape index (κ2) is 5.89. The van der Waals surface area contributed by atoms with E-state index in [1.165, 1.54) is 0 Å². The molecule has 0 heterocycles. The van der Waals surface area contributed by atoms with Gasteiger partial charge in [0, 0.05) is 10.7 Å². The van der Waals surface area contributed by atoms with Crippen molar-refractivity contribution in [2.75, 3.05) is 5.32 Å². The molecule has 0 fully saturated rings. The zero-order chi connectivity index (χ0) is 13.7. The van der Waals surface area contributed by atoms with Crippen molar-refractivity contribution in [2.24, 2.45) is 0 Å². The summed E-state index contributed by atoms with van der Waals surface area (Å²) in [7, 11) is 0. The number of carbonyl (C=O) groups excluding carboxylic acids is 1. The molecule has 2 aromatic rings. The first-order valence-electron chi connectivity index (χ1n) is 5.42. The second-order valence-corrected chi connectivity index (χ2v) is 4.10. The molecule has 1 amide bonds. The summed E-state index contributed by atoms with van der Waals surface area (Å²) < 4.78 is 5.06. The van der Waals surface area contributed by atoms with Gasteiger partial charge < -0.3 is 4.74 Å². The Morgan fingerprint density at radius 2 is 1.95 bits per heavy atom. The van der Waals surface area contributed by atoms with Crippen molar-refractivity contribution in [2.45, 2.75) is 0 Å². The van der Waals surface area contributed by atoms with Gasteiger partial charge in [-0.15, -0.1) is 0 Å². The van der Waals surface area contributed by atoms with E-state index >= 15 is 0 Å². The van der Waals surface area contributed by atoms with E-state index in [0.717, 1.165) is 0 Å². The van der Waals surface area contributed by atoms with Gasteiger partial charge in [0.1, 0.15) is 5.75 Å². The Hall–Kier alpha value is -2.51. The molecular weight excluding hydrogens is 264 g/mol. The molecule has 0 bridgehead atoms. The molecule has 19 heavy (non-hydrogen) atoms. The standard InChI is InChI=1S/C14H9ClN2O2/c15-11-2-1-3-12(8-11)17-14(18)19-13-6-4-10(9-16)5-7-13/h1-8H,(H,17,18). The van der Waals surface area contributed by atoms with E-state index < -0.39 is 6.09 Å². The first-order valence-corrected chi connectivity index (χ1v) is 5.80. The third kappa shape index (κ3) is 3.73.